The lowest BCUT2D eigenvalue weighted by molar-refractivity contribution is -0.218. The Balaban J connectivity index is 1.31. The zero-order chi connectivity index (χ0) is 25.2. The maximum atomic E-state index is 12.2. The van der Waals surface area contributed by atoms with Crippen molar-refractivity contribution in [2.45, 2.75) is 35.6 Å². The molecule has 0 saturated heterocycles. The predicted molar refractivity (Wildman–Crippen MR) is 150 cm³/mol. The molecule has 0 aliphatic carbocycles. The van der Waals surface area contributed by atoms with Crippen LogP contribution in [0, 0.1) is 0 Å². The van der Waals surface area contributed by atoms with E-state index < -0.39 is 15.9 Å². The highest BCUT2D eigenvalue weighted by molar-refractivity contribution is 7.98. The van der Waals surface area contributed by atoms with Gasteiger partial charge in [0.15, 0.2) is 0 Å². The smallest absolute Gasteiger partial charge is 0.290 e. The lowest BCUT2D eigenvalue weighted by Crippen LogP contribution is -2.19. The quantitative estimate of drug-likeness (QED) is 0.120. The van der Waals surface area contributed by atoms with E-state index in [-0.39, 0.29) is 10.6 Å². The Morgan fingerprint density at radius 2 is 1.58 bits per heavy atom. The molecule has 0 fully saturated rings. The van der Waals surface area contributed by atoms with Crippen molar-refractivity contribution in [2.24, 2.45) is 4.40 Å². The van der Waals surface area contributed by atoms with Crippen LogP contribution in [-0.4, -0.2) is 20.1 Å². The van der Waals surface area contributed by atoms with E-state index in [0.29, 0.717) is 12.8 Å². The van der Waals surface area contributed by atoms with Gasteiger partial charge in [0.2, 0.25) is 0 Å². The molecule has 1 heterocycles. The van der Waals surface area contributed by atoms with Crippen LogP contribution >= 0.6 is 23.1 Å². The number of hydrogen-bond donors (Lipinski definition) is 0. The first kappa shape index (κ1) is 26.2. The molecule has 36 heavy (non-hydrogen) atoms. The van der Waals surface area contributed by atoms with Gasteiger partial charge in [0.1, 0.15) is 4.21 Å². The van der Waals surface area contributed by atoms with Crippen molar-refractivity contribution >= 4 is 39.0 Å². The van der Waals surface area contributed by atoms with Gasteiger partial charge in [0.25, 0.3) is 10.0 Å². The molecule has 4 aromatic rings. The minimum Gasteiger partial charge on any atom is -0.861 e. The number of aryl methyl sites for hydroxylation is 2. The molecular weight excluding hydrogens is 507 g/mol. The average Bonchev–Trinajstić information content (AvgIpc) is 3.44. The van der Waals surface area contributed by atoms with Gasteiger partial charge in [-0.1, -0.05) is 84.9 Å². The summed E-state index contributed by atoms with van der Waals surface area (Å²) >= 11 is 3.00. The Bertz CT molecular complexity index is 1370. The van der Waals surface area contributed by atoms with Crippen LogP contribution in [0.25, 0.3) is 11.1 Å². The van der Waals surface area contributed by atoms with Crippen LogP contribution in [0.15, 0.2) is 105 Å². The second kappa shape index (κ2) is 12.9. The molecule has 0 N–H and O–H groups in total. The van der Waals surface area contributed by atoms with Crippen molar-refractivity contribution in [1.82, 2.24) is 0 Å². The van der Waals surface area contributed by atoms with Crippen molar-refractivity contribution in [3.8, 4) is 11.1 Å². The van der Waals surface area contributed by atoms with E-state index in [1.165, 1.54) is 17.2 Å². The molecular formula is C29H28NO3S3-. The van der Waals surface area contributed by atoms with E-state index >= 15 is 0 Å². The van der Waals surface area contributed by atoms with Gasteiger partial charge in [-0.05, 0) is 76.6 Å². The van der Waals surface area contributed by atoms with Crippen LogP contribution in [-0.2, 0) is 28.6 Å². The third-order valence-electron chi connectivity index (χ3n) is 5.74. The SMILES string of the molecule is O=S(=O)(/N=C(\[O-])CCCc1ccccc1-c1ccc(CSCCc2ccccc2)cc1)c1cccs1. The van der Waals surface area contributed by atoms with E-state index in [1.807, 2.05) is 30.0 Å². The summed E-state index contributed by atoms with van der Waals surface area (Å²) in [6, 6.07) is 30.5. The summed E-state index contributed by atoms with van der Waals surface area (Å²) in [6.07, 6.45) is 2.38. The Morgan fingerprint density at radius 1 is 0.833 bits per heavy atom. The van der Waals surface area contributed by atoms with Crippen LogP contribution < -0.4 is 5.11 Å². The fraction of sp³-hybridized carbons (Fsp3) is 0.207. The summed E-state index contributed by atoms with van der Waals surface area (Å²) in [6.45, 7) is 0. The third kappa shape index (κ3) is 7.56. The number of sulfonamides is 1. The zero-order valence-corrected chi connectivity index (χ0v) is 22.3. The maximum absolute atomic E-state index is 12.2. The Hall–Kier alpha value is -2.87. The number of rotatable bonds is 12. The van der Waals surface area contributed by atoms with Crippen molar-refractivity contribution in [3.05, 3.63) is 113 Å². The maximum Gasteiger partial charge on any atom is 0.290 e. The van der Waals surface area contributed by atoms with E-state index in [0.717, 1.165) is 46.0 Å². The molecule has 0 radical (unpaired) electrons. The molecule has 4 rings (SSSR count). The summed E-state index contributed by atoms with van der Waals surface area (Å²) < 4.78 is 27.9. The minimum absolute atomic E-state index is 0.0953. The van der Waals surface area contributed by atoms with Crippen molar-refractivity contribution < 1.29 is 13.5 Å². The molecule has 0 amide bonds. The predicted octanol–water partition coefficient (Wildman–Crippen LogP) is 6.36. The monoisotopic (exact) mass is 534 g/mol. The average molecular weight is 535 g/mol. The highest BCUT2D eigenvalue weighted by Crippen LogP contribution is 2.26. The van der Waals surface area contributed by atoms with E-state index in [2.05, 4.69) is 65.1 Å². The third-order valence-corrected chi connectivity index (χ3v) is 9.44. The Labute approximate surface area is 221 Å². The van der Waals surface area contributed by atoms with Crippen LogP contribution in [0.5, 0.6) is 0 Å². The van der Waals surface area contributed by atoms with Crippen molar-refractivity contribution in [2.75, 3.05) is 5.75 Å². The van der Waals surface area contributed by atoms with Crippen LogP contribution in [0.1, 0.15) is 29.5 Å². The molecule has 0 unspecified atom stereocenters. The van der Waals surface area contributed by atoms with Gasteiger partial charge in [0, 0.05) is 5.75 Å². The Kier molecular flexibility index (Phi) is 9.39. The molecule has 186 valence electrons. The molecule has 0 aliphatic heterocycles. The standard InChI is InChI=1S/C29H29NO3S3/c31-28(30-36(32,33)29-14-7-20-35-29)13-6-11-25-10-4-5-12-27(25)26-17-15-24(16-18-26)22-34-21-19-23-8-2-1-3-9-23/h1-5,7-10,12,14-18,20H,6,11,13,19,21-22H2,(H,30,31)/p-1. The second-order valence-corrected chi connectivity index (χ2v) is 12.3. The second-order valence-electron chi connectivity index (χ2n) is 8.39. The highest BCUT2D eigenvalue weighted by atomic mass is 32.2. The zero-order valence-electron chi connectivity index (χ0n) is 19.9. The molecule has 1 aromatic heterocycles. The first-order chi connectivity index (χ1) is 17.5. The van der Waals surface area contributed by atoms with E-state index in [9.17, 15) is 13.5 Å². The number of thioether (sulfide) groups is 1. The molecule has 0 aliphatic rings. The topological polar surface area (TPSA) is 69.6 Å². The first-order valence-corrected chi connectivity index (χ1v) is 15.3. The van der Waals surface area contributed by atoms with Crippen LogP contribution in [0.4, 0.5) is 0 Å². The van der Waals surface area contributed by atoms with Gasteiger partial charge in [-0.15, -0.1) is 11.3 Å². The lowest BCUT2D eigenvalue weighted by Gasteiger charge is -2.13. The van der Waals surface area contributed by atoms with Crippen LogP contribution in [0.2, 0.25) is 0 Å². The van der Waals surface area contributed by atoms with E-state index in [4.69, 9.17) is 0 Å². The van der Waals surface area contributed by atoms with Crippen LogP contribution in [0.3, 0.4) is 0 Å². The van der Waals surface area contributed by atoms with Gasteiger partial charge in [-0.2, -0.15) is 24.6 Å². The molecule has 7 heteroatoms. The lowest BCUT2D eigenvalue weighted by atomic mass is 9.95. The highest BCUT2D eigenvalue weighted by Gasteiger charge is 2.13. The summed E-state index contributed by atoms with van der Waals surface area (Å²) in [5.74, 6) is 1.47. The van der Waals surface area contributed by atoms with Crippen molar-refractivity contribution in [3.63, 3.8) is 0 Å². The fourth-order valence-corrected chi connectivity index (χ4v) is 6.76. The molecule has 4 nitrogen and oxygen atoms in total. The normalized spacial score (nSPS) is 12.1. The first-order valence-electron chi connectivity index (χ1n) is 11.8. The summed E-state index contributed by atoms with van der Waals surface area (Å²) in [5, 5.41) is 13.8. The summed E-state index contributed by atoms with van der Waals surface area (Å²) in [5.41, 5.74) is 6.08. The number of hydrogen-bond acceptors (Lipinski definition) is 5. The molecule has 3 aromatic carbocycles. The fourth-order valence-electron chi connectivity index (χ4n) is 3.89. The number of thiophene rings is 1. The van der Waals surface area contributed by atoms with Gasteiger partial charge >= 0.3 is 0 Å². The molecule has 0 spiro atoms. The summed E-state index contributed by atoms with van der Waals surface area (Å²) in [7, 11) is -3.90. The van der Waals surface area contributed by atoms with Gasteiger partial charge in [-0.25, -0.2) is 0 Å². The van der Waals surface area contributed by atoms with Gasteiger partial charge in [-0.3, -0.25) is 0 Å². The van der Waals surface area contributed by atoms with Gasteiger partial charge in [0.05, 0.1) is 0 Å². The summed E-state index contributed by atoms with van der Waals surface area (Å²) in [4.78, 5) is 0. The van der Waals surface area contributed by atoms with Gasteiger partial charge < -0.3 is 5.11 Å². The number of benzene rings is 3. The van der Waals surface area contributed by atoms with E-state index in [1.54, 1.807) is 11.4 Å². The molecule has 0 saturated carbocycles. The molecule has 0 bridgehead atoms. The minimum atomic E-state index is -3.90. The van der Waals surface area contributed by atoms with Crippen molar-refractivity contribution in [1.29, 1.82) is 0 Å². The Morgan fingerprint density at radius 3 is 2.33 bits per heavy atom. The largest absolute Gasteiger partial charge is 0.861 e. The number of nitrogens with zero attached hydrogens (tertiary/aromatic N) is 1. The molecule has 0 atom stereocenters.